The highest BCUT2D eigenvalue weighted by atomic mass is 16.3. The van der Waals surface area contributed by atoms with Crippen LogP contribution in [0.1, 0.15) is 23.3 Å². The van der Waals surface area contributed by atoms with Crippen LogP contribution in [0.5, 0.6) is 0 Å². The van der Waals surface area contributed by atoms with Crippen LogP contribution in [0.25, 0.3) is 83.4 Å². The summed E-state index contributed by atoms with van der Waals surface area (Å²) < 4.78 is 12.7. The fourth-order valence-electron chi connectivity index (χ4n) is 7.10. The Morgan fingerprint density at radius 3 is 2.00 bits per heavy atom. The van der Waals surface area contributed by atoms with Gasteiger partial charge in [-0.3, -0.25) is 0 Å². The van der Waals surface area contributed by atoms with Crippen LogP contribution >= 0.6 is 0 Å². The Kier molecular flexibility index (Phi) is 5.93. The summed E-state index contributed by atoms with van der Waals surface area (Å²) >= 11 is 0. The summed E-state index contributed by atoms with van der Waals surface area (Å²) in [4.78, 5) is 15.1. The van der Waals surface area contributed by atoms with E-state index in [1.165, 1.54) is 16.7 Å². The van der Waals surface area contributed by atoms with Crippen LogP contribution in [0.3, 0.4) is 0 Å². The second kappa shape index (κ2) is 10.6. The van der Waals surface area contributed by atoms with Crippen LogP contribution in [-0.4, -0.2) is 15.0 Å². The van der Waals surface area contributed by atoms with Gasteiger partial charge >= 0.3 is 0 Å². The minimum Gasteiger partial charge on any atom is -0.460 e. The Morgan fingerprint density at radius 1 is 0.479 bits per heavy atom. The molecular weight excluding hydrogens is 590 g/mol. The van der Waals surface area contributed by atoms with Crippen molar-refractivity contribution in [2.75, 3.05) is 0 Å². The highest BCUT2D eigenvalue weighted by molar-refractivity contribution is 6.09. The number of furan rings is 2. The van der Waals surface area contributed by atoms with Crippen molar-refractivity contribution in [2.45, 2.75) is 12.8 Å². The molecule has 48 heavy (non-hydrogen) atoms. The number of nitrogens with zero attached hydrogens (tertiary/aromatic N) is 3. The second-order valence-corrected chi connectivity index (χ2v) is 12.3. The third-order valence-electron chi connectivity index (χ3n) is 9.38. The molecule has 5 nitrogen and oxygen atoms in total. The second-order valence-electron chi connectivity index (χ2n) is 12.3. The lowest BCUT2D eigenvalue weighted by Crippen LogP contribution is -2.00. The van der Waals surface area contributed by atoms with Gasteiger partial charge in [0.25, 0.3) is 0 Å². The van der Waals surface area contributed by atoms with Gasteiger partial charge < -0.3 is 8.83 Å². The predicted molar refractivity (Wildman–Crippen MR) is 193 cm³/mol. The first-order valence-electron chi connectivity index (χ1n) is 16.2. The molecule has 3 aromatic heterocycles. The number of hydrogen-bond acceptors (Lipinski definition) is 5. The monoisotopic (exact) mass is 617 g/mol. The van der Waals surface area contributed by atoms with Crippen LogP contribution < -0.4 is 0 Å². The summed E-state index contributed by atoms with van der Waals surface area (Å²) in [6.07, 6.45) is 4.21. The molecule has 0 bridgehead atoms. The van der Waals surface area contributed by atoms with E-state index in [0.29, 0.717) is 17.5 Å². The topological polar surface area (TPSA) is 65.0 Å². The number of hydrogen-bond donors (Lipinski definition) is 0. The Labute approximate surface area is 275 Å². The minimum atomic E-state index is 0.573. The summed E-state index contributed by atoms with van der Waals surface area (Å²) in [7, 11) is 0. The Morgan fingerprint density at radius 2 is 1.15 bits per heavy atom. The normalized spacial score (nSPS) is 13.0. The molecule has 0 N–H and O–H groups in total. The molecule has 0 atom stereocenters. The lowest BCUT2D eigenvalue weighted by Gasteiger charge is -2.15. The molecule has 0 unspecified atom stereocenters. The van der Waals surface area contributed by atoms with E-state index in [0.717, 1.165) is 79.0 Å². The molecule has 6 aromatic carbocycles. The zero-order valence-corrected chi connectivity index (χ0v) is 25.9. The highest BCUT2D eigenvalue weighted by Crippen LogP contribution is 2.40. The molecule has 0 saturated carbocycles. The first kappa shape index (κ1) is 26.8. The van der Waals surface area contributed by atoms with E-state index in [9.17, 15) is 0 Å². The molecule has 10 rings (SSSR count). The number of para-hydroxylation sites is 3. The SMILES string of the molecule is C1=C(c2ccc3ccc(-c4nc(-c5ccccc5)nc(-c5cccc6c5oc5ccccc56)n4)cc3c2)c2c(oc3ccccc23)CC1. The molecule has 0 spiro atoms. The fourth-order valence-corrected chi connectivity index (χ4v) is 7.10. The molecule has 0 amide bonds. The number of benzene rings is 6. The number of allylic oxidation sites excluding steroid dienone is 1. The van der Waals surface area contributed by atoms with Crippen LogP contribution in [0, 0.1) is 0 Å². The van der Waals surface area contributed by atoms with Gasteiger partial charge in [0.1, 0.15) is 22.5 Å². The average molecular weight is 618 g/mol. The number of rotatable bonds is 4. The van der Waals surface area contributed by atoms with E-state index >= 15 is 0 Å². The maximum atomic E-state index is 6.39. The number of aryl methyl sites for hydroxylation is 1. The van der Waals surface area contributed by atoms with Gasteiger partial charge in [0.05, 0.1) is 5.56 Å². The molecule has 3 heterocycles. The third kappa shape index (κ3) is 4.28. The predicted octanol–water partition coefficient (Wildman–Crippen LogP) is 11.0. The number of fused-ring (bicyclic) bond motifs is 7. The molecular formula is C43H27N3O2. The minimum absolute atomic E-state index is 0.573. The van der Waals surface area contributed by atoms with Gasteiger partial charge in [-0.2, -0.15) is 0 Å². The Balaban J connectivity index is 1.13. The molecule has 0 radical (unpaired) electrons. The molecule has 0 saturated heterocycles. The standard InChI is InChI=1S/C43H27N3O2/c1-2-10-27(11-3-1)41-44-42(46-43(45-41)35-16-8-15-33-32-12-4-6-17-36(32)48-40(33)35)29-23-21-26-20-22-28(24-30(26)25-29)31-14-9-19-38-39(31)34-13-5-7-18-37(34)47-38/h1-8,10-18,20-25H,9,19H2. The van der Waals surface area contributed by atoms with E-state index in [-0.39, 0.29) is 0 Å². The van der Waals surface area contributed by atoms with Crippen molar-refractivity contribution in [3.05, 3.63) is 156 Å². The largest absolute Gasteiger partial charge is 0.460 e. The van der Waals surface area contributed by atoms with Gasteiger partial charge in [-0.1, -0.05) is 109 Å². The maximum absolute atomic E-state index is 6.39. The molecule has 9 aromatic rings. The van der Waals surface area contributed by atoms with E-state index in [4.69, 9.17) is 23.8 Å². The molecule has 5 heteroatoms. The lowest BCUT2D eigenvalue weighted by molar-refractivity contribution is 0.545. The fraction of sp³-hybridized carbons (Fsp3) is 0.0465. The van der Waals surface area contributed by atoms with Gasteiger partial charge in [-0.15, -0.1) is 0 Å². The maximum Gasteiger partial charge on any atom is 0.167 e. The van der Waals surface area contributed by atoms with Crippen molar-refractivity contribution >= 4 is 49.3 Å². The summed E-state index contributed by atoms with van der Waals surface area (Å²) in [5.41, 5.74) is 8.83. The Hall–Kier alpha value is -6.33. The Bertz CT molecular complexity index is 2740. The van der Waals surface area contributed by atoms with E-state index in [1.807, 2.05) is 66.7 Å². The van der Waals surface area contributed by atoms with Crippen molar-refractivity contribution in [3.63, 3.8) is 0 Å². The van der Waals surface area contributed by atoms with Crippen molar-refractivity contribution in [1.82, 2.24) is 15.0 Å². The van der Waals surface area contributed by atoms with Gasteiger partial charge in [0, 0.05) is 39.3 Å². The van der Waals surface area contributed by atoms with Crippen LogP contribution in [0.2, 0.25) is 0 Å². The van der Waals surface area contributed by atoms with Crippen LogP contribution in [0.15, 0.2) is 148 Å². The molecule has 1 aliphatic rings. The summed E-state index contributed by atoms with van der Waals surface area (Å²) in [5, 5.41) is 5.54. The highest BCUT2D eigenvalue weighted by Gasteiger charge is 2.22. The summed E-state index contributed by atoms with van der Waals surface area (Å²) in [6.45, 7) is 0. The zero-order chi connectivity index (χ0) is 31.6. The van der Waals surface area contributed by atoms with Gasteiger partial charge in [0.2, 0.25) is 0 Å². The smallest absolute Gasteiger partial charge is 0.167 e. The van der Waals surface area contributed by atoms with Crippen molar-refractivity contribution < 1.29 is 8.83 Å². The summed E-state index contributed by atoms with van der Waals surface area (Å²) in [5.74, 6) is 2.86. The summed E-state index contributed by atoms with van der Waals surface area (Å²) in [6, 6.07) is 45.8. The average Bonchev–Trinajstić information content (AvgIpc) is 3.73. The van der Waals surface area contributed by atoms with Gasteiger partial charge in [-0.05, 0) is 58.7 Å². The zero-order valence-electron chi connectivity index (χ0n) is 25.9. The van der Waals surface area contributed by atoms with Crippen molar-refractivity contribution in [2.24, 2.45) is 0 Å². The van der Waals surface area contributed by atoms with E-state index < -0.39 is 0 Å². The van der Waals surface area contributed by atoms with E-state index in [1.54, 1.807) is 0 Å². The quantitative estimate of drug-likeness (QED) is 0.197. The molecule has 1 aliphatic carbocycles. The molecule has 0 aliphatic heterocycles. The van der Waals surface area contributed by atoms with Gasteiger partial charge in [0.15, 0.2) is 17.5 Å². The molecule has 0 fully saturated rings. The van der Waals surface area contributed by atoms with Crippen LogP contribution in [-0.2, 0) is 6.42 Å². The number of aromatic nitrogens is 3. The first-order chi connectivity index (χ1) is 23.8. The van der Waals surface area contributed by atoms with Crippen molar-refractivity contribution in [1.29, 1.82) is 0 Å². The third-order valence-corrected chi connectivity index (χ3v) is 9.38. The van der Waals surface area contributed by atoms with E-state index in [2.05, 4.69) is 72.8 Å². The van der Waals surface area contributed by atoms with Gasteiger partial charge in [-0.25, -0.2) is 15.0 Å². The lowest BCUT2D eigenvalue weighted by atomic mass is 9.88. The first-order valence-corrected chi connectivity index (χ1v) is 16.2. The van der Waals surface area contributed by atoms with Crippen LogP contribution in [0.4, 0.5) is 0 Å². The van der Waals surface area contributed by atoms with Crippen molar-refractivity contribution in [3.8, 4) is 34.2 Å². The molecule has 226 valence electrons.